The van der Waals surface area contributed by atoms with Gasteiger partial charge in [0.15, 0.2) is 0 Å². The van der Waals surface area contributed by atoms with E-state index >= 15 is 0 Å². The second-order valence-corrected chi connectivity index (χ2v) is 3.21. The second-order valence-electron chi connectivity index (χ2n) is 3.21. The predicted molar refractivity (Wildman–Crippen MR) is 54.5 cm³/mol. The number of amides is 2. The molecule has 0 aromatic heterocycles. The standard InChI is InChI=1S/C9H19N3O2/c1-3-12-8(13)4-5-11-6-7(2)9(10)14/h7,11H,3-6H2,1-2H3,(H2,10,14)(H,12,13). The molecular formula is C9H19N3O2. The number of nitrogens with two attached hydrogens (primary N) is 1. The molecule has 0 spiro atoms. The maximum absolute atomic E-state index is 11.0. The van der Waals surface area contributed by atoms with E-state index in [1.54, 1.807) is 6.92 Å². The fourth-order valence-electron chi connectivity index (χ4n) is 0.907. The molecule has 0 saturated heterocycles. The van der Waals surface area contributed by atoms with Gasteiger partial charge in [-0.15, -0.1) is 0 Å². The van der Waals surface area contributed by atoms with Gasteiger partial charge in [-0.1, -0.05) is 6.92 Å². The van der Waals surface area contributed by atoms with Crippen molar-refractivity contribution in [2.45, 2.75) is 20.3 Å². The van der Waals surface area contributed by atoms with Gasteiger partial charge in [-0.2, -0.15) is 0 Å². The summed E-state index contributed by atoms with van der Waals surface area (Å²) in [5.41, 5.74) is 5.07. The number of hydrogen-bond acceptors (Lipinski definition) is 3. The van der Waals surface area contributed by atoms with Crippen molar-refractivity contribution < 1.29 is 9.59 Å². The molecule has 1 atom stereocenters. The van der Waals surface area contributed by atoms with Crippen LogP contribution < -0.4 is 16.4 Å². The summed E-state index contributed by atoms with van der Waals surface area (Å²) < 4.78 is 0. The van der Waals surface area contributed by atoms with Gasteiger partial charge in [0.2, 0.25) is 11.8 Å². The zero-order valence-electron chi connectivity index (χ0n) is 8.80. The molecule has 82 valence electrons. The zero-order chi connectivity index (χ0) is 11.0. The van der Waals surface area contributed by atoms with Crippen LogP contribution >= 0.6 is 0 Å². The molecule has 0 saturated carbocycles. The van der Waals surface area contributed by atoms with E-state index in [-0.39, 0.29) is 17.7 Å². The average Bonchev–Trinajstić information content (AvgIpc) is 2.12. The molecule has 0 bridgehead atoms. The monoisotopic (exact) mass is 201 g/mol. The van der Waals surface area contributed by atoms with Gasteiger partial charge in [0.05, 0.1) is 0 Å². The Labute approximate surface area is 84.4 Å². The molecule has 0 aromatic rings. The van der Waals surface area contributed by atoms with Gasteiger partial charge < -0.3 is 16.4 Å². The third-order valence-electron chi connectivity index (χ3n) is 1.84. The summed E-state index contributed by atoms with van der Waals surface area (Å²) in [5.74, 6) is -0.494. The smallest absolute Gasteiger partial charge is 0.221 e. The van der Waals surface area contributed by atoms with Crippen LogP contribution in [0.4, 0.5) is 0 Å². The van der Waals surface area contributed by atoms with Crippen LogP contribution in [0.5, 0.6) is 0 Å². The SMILES string of the molecule is CCNC(=O)CCNCC(C)C(N)=O. The molecule has 0 rings (SSSR count). The van der Waals surface area contributed by atoms with Crippen LogP contribution in [0.1, 0.15) is 20.3 Å². The summed E-state index contributed by atoms with van der Waals surface area (Å²) in [7, 11) is 0. The first-order valence-electron chi connectivity index (χ1n) is 4.84. The Morgan fingerprint density at radius 1 is 1.43 bits per heavy atom. The van der Waals surface area contributed by atoms with Crippen LogP contribution in [-0.2, 0) is 9.59 Å². The van der Waals surface area contributed by atoms with Crippen LogP contribution in [0.15, 0.2) is 0 Å². The van der Waals surface area contributed by atoms with Crippen LogP contribution in [0.3, 0.4) is 0 Å². The fraction of sp³-hybridized carbons (Fsp3) is 0.778. The van der Waals surface area contributed by atoms with E-state index in [1.165, 1.54) is 0 Å². The summed E-state index contributed by atoms with van der Waals surface area (Å²) in [5, 5.41) is 5.68. The van der Waals surface area contributed by atoms with Gasteiger partial charge in [0.1, 0.15) is 0 Å². The van der Waals surface area contributed by atoms with E-state index in [4.69, 9.17) is 5.73 Å². The highest BCUT2D eigenvalue weighted by molar-refractivity contribution is 5.76. The first kappa shape index (κ1) is 12.9. The Morgan fingerprint density at radius 2 is 2.07 bits per heavy atom. The third kappa shape index (κ3) is 6.42. The fourth-order valence-corrected chi connectivity index (χ4v) is 0.907. The number of carbonyl (C=O) groups is 2. The van der Waals surface area contributed by atoms with Crippen molar-refractivity contribution in [2.75, 3.05) is 19.6 Å². The number of nitrogens with one attached hydrogen (secondary N) is 2. The summed E-state index contributed by atoms with van der Waals surface area (Å²) >= 11 is 0. The number of rotatable bonds is 7. The molecule has 2 amide bonds. The highest BCUT2D eigenvalue weighted by Crippen LogP contribution is 1.89. The van der Waals surface area contributed by atoms with E-state index in [0.29, 0.717) is 26.1 Å². The molecule has 14 heavy (non-hydrogen) atoms. The number of hydrogen-bond donors (Lipinski definition) is 3. The number of primary amides is 1. The van der Waals surface area contributed by atoms with Crippen LogP contribution in [-0.4, -0.2) is 31.4 Å². The van der Waals surface area contributed by atoms with Gasteiger partial charge in [-0.3, -0.25) is 9.59 Å². The quantitative estimate of drug-likeness (QED) is 0.473. The van der Waals surface area contributed by atoms with Crippen LogP contribution in [0.2, 0.25) is 0 Å². The van der Waals surface area contributed by atoms with Gasteiger partial charge in [0.25, 0.3) is 0 Å². The first-order valence-corrected chi connectivity index (χ1v) is 4.84. The average molecular weight is 201 g/mol. The van der Waals surface area contributed by atoms with Crippen molar-refractivity contribution in [1.82, 2.24) is 10.6 Å². The minimum absolute atomic E-state index is 0.0201. The molecule has 0 fully saturated rings. The minimum atomic E-state index is -0.324. The Kier molecular flexibility index (Phi) is 6.74. The Balaban J connectivity index is 3.37. The largest absolute Gasteiger partial charge is 0.369 e. The van der Waals surface area contributed by atoms with Crippen molar-refractivity contribution in [2.24, 2.45) is 11.7 Å². The lowest BCUT2D eigenvalue weighted by molar-refractivity contribution is -0.121. The first-order chi connectivity index (χ1) is 6.57. The van der Waals surface area contributed by atoms with E-state index in [1.807, 2.05) is 6.92 Å². The minimum Gasteiger partial charge on any atom is -0.369 e. The topological polar surface area (TPSA) is 84.2 Å². The maximum atomic E-state index is 11.0. The predicted octanol–water partition coefficient (Wildman–Crippen LogP) is -0.776. The van der Waals surface area contributed by atoms with Crippen molar-refractivity contribution in [3.8, 4) is 0 Å². The van der Waals surface area contributed by atoms with Crippen molar-refractivity contribution in [3.63, 3.8) is 0 Å². The Morgan fingerprint density at radius 3 is 2.57 bits per heavy atom. The molecule has 1 unspecified atom stereocenters. The third-order valence-corrected chi connectivity index (χ3v) is 1.84. The molecule has 5 heteroatoms. The van der Waals surface area contributed by atoms with Crippen LogP contribution in [0.25, 0.3) is 0 Å². The molecule has 0 aromatic carbocycles. The molecule has 5 nitrogen and oxygen atoms in total. The van der Waals surface area contributed by atoms with E-state index in [2.05, 4.69) is 10.6 Å². The highest BCUT2D eigenvalue weighted by atomic mass is 16.2. The molecule has 0 aliphatic carbocycles. The van der Waals surface area contributed by atoms with E-state index < -0.39 is 0 Å². The summed E-state index contributed by atoms with van der Waals surface area (Å²) in [6.45, 7) is 5.37. The maximum Gasteiger partial charge on any atom is 0.221 e. The van der Waals surface area contributed by atoms with Crippen molar-refractivity contribution >= 4 is 11.8 Å². The number of carbonyl (C=O) groups excluding carboxylic acids is 2. The van der Waals surface area contributed by atoms with Gasteiger partial charge in [-0.05, 0) is 6.92 Å². The zero-order valence-corrected chi connectivity index (χ0v) is 8.80. The second kappa shape index (κ2) is 7.32. The van der Waals surface area contributed by atoms with Gasteiger partial charge in [-0.25, -0.2) is 0 Å². The molecule has 0 heterocycles. The lowest BCUT2D eigenvalue weighted by Crippen LogP contribution is -2.33. The summed E-state index contributed by atoms with van der Waals surface area (Å²) in [4.78, 5) is 21.6. The normalized spacial score (nSPS) is 12.1. The molecule has 4 N–H and O–H groups in total. The Hall–Kier alpha value is -1.10. The lowest BCUT2D eigenvalue weighted by atomic mass is 10.2. The van der Waals surface area contributed by atoms with E-state index in [9.17, 15) is 9.59 Å². The van der Waals surface area contributed by atoms with E-state index in [0.717, 1.165) is 0 Å². The summed E-state index contributed by atoms with van der Waals surface area (Å²) in [6.07, 6.45) is 0.430. The molecule has 0 aliphatic rings. The van der Waals surface area contributed by atoms with Crippen molar-refractivity contribution in [1.29, 1.82) is 0 Å². The Bertz CT molecular complexity index is 194. The molecule has 0 radical (unpaired) electrons. The molecule has 0 aliphatic heterocycles. The van der Waals surface area contributed by atoms with Crippen LogP contribution in [0, 0.1) is 5.92 Å². The highest BCUT2D eigenvalue weighted by Gasteiger charge is 2.07. The molecular weight excluding hydrogens is 182 g/mol. The van der Waals surface area contributed by atoms with Gasteiger partial charge in [0, 0.05) is 32.0 Å². The van der Waals surface area contributed by atoms with Gasteiger partial charge >= 0.3 is 0 Å². The van der Waals surface area contributed by atoms with Crippen molar-refractivity contribution in [3.05, 3.63) is 0 Å². The summed E-state index contributed by atoms with van der Waals surface area (Å²) in [6, 6.07) is 0. The lowest BCUT2D eigenvalue weighted by Gasteiger charge is -2.08.